The number of benzene rings is 1. The number of rotatable bonds is 9. The Labute approximate surface area is 186 Å². The molecular formula is C22H28O8S. The molecule has 1 heterocycles. The molecule has 0 bridgehead atoms. The van der Waals surface area contributed by atoms with E-state index in [1.165, 1.54) is 39.6 Å². The summed E-state index contributed by atoms with van der Waals surface area (Å²) in [5.74, 6) is -1.19. The maximum Gasteiger partial charge on any atom is 0.303 e. The molecule has 1 aliphatic rings. The number of esters is 3. The standard InChI is InChI=1S/C22H28O8S/c1-14(23)27-19-18(13-26-4)30-22(21(29-16(3)25)20(19)28-15(2)24)31-12-8-11-17-9-6-5-7-10-17/h5-11,18-22H,12-13H2,1-4H3/t18-,19-,20+,21+,22-/m1/s1. The second-order valence-corrected chi connectivity index (χ2v) is 8.00. The monoisotopic (exact) mass is 452 g/mol. The first-order chi connectivity index (χ1) is 14.8. The second kappa shape index (κ2) is 12.5. The van der Waals surface area contributed by atoms with Gasteiger partial charge in [0.15, 0.2) is 18.3 Å². The van der Waals surface area contributed by atoms with Gasteiger partial charge in [-0.2, -0.15) is 0 Å². The largest absolute Gasteiger partial charge is 0.456 e. The molecule has 1 saturated heterocycles. The molecule has 2 rings (SSSR count). The van der Waals surface area contributed by atoms with Crippen molar-refractivity contribution in [1.82, 2.24) is 0 Å². The first-order valence-electron chi connectivity index (χ1n) is 9.81. The summed E-state index contributed by atoms with van der Waals surface area (Å²) in [5.41, 5.74) is 0.384. The number of thioether (sulfide) groups is 1. The van der Waals surface area contributed by atoms with Crippen LogP contribution in [0, 0.1) is 0 Å². The fourth-order valence-corrected chi connectivity index (χ4v) is 4.20. The van der Waals surface area contributed by atoms with E-state index in [0.717, 1.165) is 5.56 Å². The summed E-state index contributed by atoms with van der Waals surface area (Å²) in [6, 6.07) is 9.80. The molecule has 5 atom stereocenters. The average Bonchev–Trinajstić information content (AvgIpc) is 2.70. The van der Waals surface area contributed by atoms with E-state index in [1.807, 2.05) is 42.5 Å². The van der Waals surface area contributed by atoms with Crippen molar-refractivity contribution in [3.63, 3.8) is 0 Å². The van der Waals surface area contributed by atoms with Crippen molar-refractivity contribution in [3.8, 4) is 0 Å². The van der Waals surface area contributed by atoms with Gasteiger partial charge in [0.25, 0.3) is 0 Å². The Morgan fingerprint density at radius 2 is 1.52 bits per heavy atom. The van der Waals surface area contributed by atoms with Gasteiger partial charge in [-0.05, 0) is 5.56 Å². The Morgan fingerprint density at radius 3 is 2.10 bits per heavy atom. The smallest absolute Gasteiger partial charge is 0.303 e. The maximum atomic E-state index is 11.8. The van der Waals surface area contributed by atoms with Crippen LogP contribution < -0.4 is 0 Å². The lowest BCUT2D eigenvalue weighted by atomic mass is 9.99. The van der Waals surface area contributed by atoms with Crippen molar-refractivity contribution in [3.05, 3.63) is 42.0 Å². The Bertz CT molecular complexity index is 766. The van der Waals surface area contributed by atoms with E-state index in [-0.39, 0.29) is 6.61 Å². The first-order valence-corrected chi connectivity index (χ1v) is 10.9. The molecule has 0 saturated carbocycles. The summed E-state index contributed by atoms with van der Waals surface area (Å²) in [4.78, 5) is 35.2. The van der Waals surface area contributed by atoms with Crippen LogP contribution in [0.5, 0.6) is 0 Å². The summed E-state index contributed by atoms with van der Waals surface area (Å²) < 4.78 is 27.6. The van der Waals surface area contributed by atoms with Crippen molar-refractivity contribution in [2.24, 2.45) is 0 Å². The Balaban J connectivity index is 2.23. The summed E-state index contributed by atoms with van der Waals surface area (Å²) in [6.07, 6.45) is 0.236. The highest BCUT2D eigenvalue weighted by Gasteiger charge is 2.51. The van der Waals surface area contributed by atoms with Crippen molar-refractivity contribution in [1.29, 1.82) is 0 Å². The molecule has 0 aromatic heterocycles. The number of carbonyl (C=O) groups excluding carboxylic acids is 3. The molecule has 170 valence electrons. The van der Waals surface area contributed by atoms with E-state index in [0.29, 0.717) is 5.75 Å². The van der Waals surface area contributed by atoms with E-state index >= 15 is 0 Å². The molecule has 0 N–H and O–H groups in total. The molecule has 0 amide bonds. The third kappa shape index (κ3) is 8.01. The minimum atomic E-state index is -1.03. The lowest BCUT2D eigenvalue weighted by Gasteiger charge is -2.44. The predicted octanol–water partition coefficient (Wildman–Crippen LogP) is 2.60. The number of methoxy groups -OCH3 is 1. The SMILES string of the molecule is COC[C@H]1O[C@H](SCC=Cc2ccccc2)[C@@H](OC(C)=O)[C@@H](OC(C)=O)[C@@H]1OC(C)=O. The molecule has 0 spiro atoms. The summed E-state index contributed by atoms with van der Waals surface area (Å²) in [5, 5.41) is 0. The average molecular weight is 453 g/mol. The summed E-state index contributed by atoms with van der Waals surface area (Å²) in [7, 11) is 1.48. The van der Waals surface area contributed by atoms with Crippen LogP contribution in [-0.4, -0.2) is 67.2 Å². The number of hydrogen-bond donors (Lipinski definition) is 0. The van der Waals surface area contributed by atoms with Crippen molar-refractivity contribution >= 4 is 35.7 Å². The lowest BCUT2D eigenvalue weighted by Crippen LogP contribution is -2.61. The first kappa shape index (κ1) is 24.9. The minimum absolute atomic E-state index is 0.0966. The Kier molecular flexibility index (Phi) is 10.0. The Morgan fingerprint density at radius 1 is 0.935 bits per heavy atom. The van der Waals surface area contributed by atoms with Crippen molar-refractivity contribution in [2.75, 3.05) is 19.5 Å². The van der Waals surface area contributed by atoms with Gasteiger partial charge in [-0.15, -0.1) is 11.8 Å². The van der Waals surface area contributed by atoms with Crippen LogP contribution in [0.3, 0.4) is 0 Å². The topological polar surface area (TPSA) is 97.4 Å². The molecule has 31 heavy (non-hydrogen) atoms. The van der Waals surface area contributed by atoms with Gasteiger partial charge in [0.1, 0.15) is 11.5 Å². The zero-order valence-electron chi connectivity index (χ0n) is 18.0. The van der Waals surface area contributed by atoms with Gasteiger partial charge >= 0.3 is 17.9 Å². The third-order valence-corrected chi connectivity index (χ3v) is 5.39. The van der Waals surface area contributed by atoms with E-state index < -0.39 is 47.8 Å². The van der Waals surface area contributed by atoms with Crippen LogP contribution in [0.15, 0.2) is 36.4 Å². The summed E-state index contributed by atoms with van der Waals surface area (Å²) >= 11 is 1.37. The molecule has 9 heteroatoms. The zero-order valence-corrected chi connectivity index (χ0v) is 18.8. The van der Waals surface area contributed by atoms with Crippen LogP contribution in [0.25, 0.3) is 6.08 Å². The highest BCUT2D eigenvalue weighted by molar-refractivity contribution is 7.99. The number of ether oxygens (including phenoxy) is 5. The molecule has 1 aromatic rings. The van der Waals surface area contributed by atoms with Crippen LogP contribution in [0.4, 0.5) is 0 Å². The second-order valence-electron chi connectivity index (χ2n) is 6.87. The molecule has 8 nitrogen and oxygen atoms in total. The summed E-state index contributed by atoms with van der Waals surface area (Å²) in [6.45, 7) is 3.83. The molecule has 0 radical (unpaired) electrons. The van der Waals surface area contributed by atoms with Crippen molar-refractivity contribution in [2.45, 2.75) is 50.6 Å². The normalized spacial score (nSPS) is 25.7. The Hall–Kier alpha value is -2.36. The quantitative estimate of drug-likeness (QED) is 0.414. The third-order valence-electron chi connectivity index (χ3n) is 4.29. The molecule has 1 aliphatic heterocycles. The lowest BCUT2D eigenvalue weighted by molar-refractivity contribution is -0.237. The highest BCUT2D eigenvalue weighted by Crippen LogP contribution is 2.34. The van der Waals surface area contributed by atoms with Gasteiger partial charge in [-0.3, -0.25) is 14.4 Å². The number of carbonyl (C=O) groups is 3. The highest BCUT2D eigenvalue weighted by atomic mass is 32.2. The predicted molar refractivity (Wildman–Crippen MR) is 115 cm³/mol. The molecule has 0 aliphatic carbocycles. The van der Waals surface area contributed by atoms with E-state index in [9.17, 15) is 14.4 Å². The van der Waals surface area contributed by atoms with E-state index in [2.05, 4.69) is 0 Å². The molecular weight excluding hydrogens is 424 g/mol. The van der Waals surface area contributed by atoms with Gasteiger partial charge in [-0.1, -0.05) is 42.5 Å². The van der Waals surface area contributed by atoms with Gasteiger partial charge in [0.05, 0.1) is 6.61 Å². The van der Waals surface area contributed by atoms with Crippen LogP contribution in [0.1, 0.15) is 26.3 Å². The van der Waals surface area contributed by atoms with Crippen LogP contribution >= 0.6 is 11.8 Å². The molecule has 0 unspecified atom stereocenters. The number of hydrogen-bond acceptors (Lipinski definition) is 9. The fraction of sp³-hybridized carbons (Fsp3) is 0.500. The van der Waals surface area contributed by atoms with Crippen LogP contribution in [-0.2, 0) is 38.1 Å². The zero-order chi connectivity index (χ0) is 22.8. The van der Waals surface area contributed by atoms with Crippen molar-refractivity contribution < 1.29 is 38.1 Å². The van der Waals surface area contributed by atoms with Gasteiger partial charge < -0.3 is 23.7 Å². The molecule has 1 aromatic carbocycles. The van der Waals surface area contributed by atoms with Gasteiger partial charge in [-0.25, -0.2) is 0 Å². The molecule has 1 fully saturated rings. The maximum absolute atomic E-state index is 11.8. The van der Waals surface area contributed by atoms with Crippen LogP contribution in [0.2, 0.25) is 0 Å². The fourth-order valence-electron chi connectivity index (χ4n) is 3.19. The van der Waals surface area contributed by atoms with Gasteiger partial charge in [0, 0.05) is 33.6 Å². The van der Waals surface area contributed by atoms with Gasteiger partial charge in [0.2, 0.25) is 0 Å². The van der Waals surface area contributed by atoms with E-state index in [4.69, 9.17) is 23.7 Å². The minimum Gasteiger partial charge on any atom is -0.456 e. The van der Waals surface area contributed by atoms with E-state index in [1.54, 1.807) is 0 Å².